The molecule has 1 aromatic heterocycles. The first kappa shape index (κ1) is 22.7. The molecule has 3 aromatic rings. The zero-order chi connectivity index (χ0) is 19.9. The number of thiol groups is 1. The lowest BCUT2D eigenvalue weighted by Gasteiger charge is -1.93. The molecule has 5 heteroatoms. The van der Waals surface area contributed by atoms with E-state index in [0.29, 0.717) is 12.2 Å². The van der Waals surface area contributed by atoms with E-state index in [1.54, 1.807) is 18.3 Å². The largest absolute Gasteiger partial charge is 0.326 e. The molecule has 0 aliphatic rings. The van der Waals surface area contributed by atoms with Gasteiger partial charge in [-0.05, 0) is 47.9 Å². The molecule has 0 amide bonds. The summed E-state index contributed by atoms with van der Waals surface area (Å²) in [4.78, 5) is 4.77. The zero-order valence-corrected chi connectivity index (χ0v) is 17.0. The van der Waals surface area contributed by atoms with Crippen molar-refractivity contribution in [1.29, 1.82) is 5.26 Å². The number of aryl methyl sites for hydroxylation is 1. The molecule has 0 unspecified atom stereocenters. The van der Waals surface area contributed by atoms with Crippen molar-refractivity contribution in [2.45, 2.75) is 31.2 Å². The second-order valence-corrected chi connectivity index (χ2v) is 6.53. The molecule has 0 aliphatic heterocycles. The Morgan fingerprint density at radius 3 is 2.11 bits per heavy atom. The monoisotopic (exact) mass is 397 g/mol. The maximum Gasteiger partial charge on any atom is 0.140 e. The summed E-state index contributed by atoms with van der Waals surface area (Å²) in [5.74, 6) is 0. The number of pyridine rings is 1. The van der Waals surface area contributed by atoms with Crippen molar-refractivity contribution in [3.05, 3.63) is 94.8 Å². The van der Waals surface area contributed by atoms with E-state index in [2.05, 4.69) is 54.9 Å². The number of nitriles is 1. The molecule has 0 atom stereocenters. The van der Waals surface area contributed by atoms with Crippen molar-refractivity contribution >= 4 is 24.2 Å². The van der Waals surface area contributed by atoms with Gasteiger partial charge in [0.05, 0.1) is 0 Å². The van der Waals surface area contributed by atoms with Gasteiger partial charge in [0, 0.05) is 22.7 Å². The maximum absolute atomic E-state index is 8.36. The second-order valence-electron chi connectivity index (χ2n) is 5.58. The van der Waals surface area contributed by atoms with Crippen molar-refractivity contribution < 1.29 is 0 Å². The molecule has 0 saturated carbocycles. The van der Waals surface area contributed by atoms with E-state index >= 15 is 0 Å². The van der Waals surface area contributed by atoms with E-state index in [1.807, 2.05) is 30.3 Å². The molecule has 3 nitrogen and oxygen atoms in total. The minimum absolute atomic E-state index is 0.428. The third kappa shape index (κ3) is 10.4. The fourth-order valence-electron chi connectivity index (χ4n) is 1.99. The molecule has 0 aliphatic carbocycles. The molecule has 0 spiro atoms. The van der Waals surface area contributed by atoms with Crippen LogP contribution < -0.4 is 5.73 Å². The van der Waals surface area contributed by atoms with Crippen LogP contribution in [-0.2, 0) is 13.0 Å². The van der Waals surface area contributed by atoms with Crippen LogP contribution in [-0.4, -0.2) is 4.98 Å². The summed E-state index contributed by atoms with van der Waals surface area (Å²) in [6.07, 6.45) is 4.06. The highest BCUT2D eigenvalue weighted by atomic mass is 35.5. The molecule has 27 heavy (non-hydrogen) atoms. The van der Waals surface area contributed by atoms with Gasteiger partial charge in [0.2, 0.25) is 0 Å². The first-order valence-electron chi connectivity index (χ1n) is 8.62. The van der Waals surface area contributed by atoms with Gasteiger partial charge in [-0.3, -0.25) is 0 Å². The van der Waals surface area contributed by atoms with Crippen LogP contribution in [0.1, 0.15) is 30.2 Å². The molecule has 140 valence electrons. The van der Waals surface area contributed by atoms with Crippen LogP contribution >= 0.6 is 24.2 Å². The average Bonchev–Trinajstić information content (AvgIpc) is 2.72. The zero-order valence-electron chi connectivity index (χ0n) is 15.3. The molecular weight excluding hydrogens is 374 g/mol. The quantitative estimate of drug-likeness (QED) is 0.559. The van der Waals surface area contributed by atoms with Crippen LogP contribution in [0.4, 0.5) is 0 Å². The predicted octanol–water partition coefficient (Wildman–Crippen LogP) is 5.68. The fraction of sp³-hybridized carbons (Fsp3) is 0.182. The smallest absolute Gasteiger partial charge is 0.140 e. The van der Waals surface area contributed by atoms with E-state index in [0.717, 1.165) is 15.5 Å². The summed E-state index contributed by atoms with van der Waals surface area (Å²) < 4.78 is 0. The highest BCUT2D eigenvalue weighted by Crippen LogP contribution is 2.11. The van der Waals surface area contributed by atoms with E-state index in [-0.39, 0.29) is 0 Å². The van der Waals surface area contributed by atoms with Crippen LogP contribution in [0.5, 0.6) is 0 Å². The first-order valence-corrected chi connectivity index (χ1v) is 9.45. The summed E-state index contributed by atoms with van der Waals surface area (Å²) in [5, 5.41) is 9.11. The Bertz CT molecular complexity index is 777. The molecule has 2 N–H and O–H groups in total. The van der Waals surface area contributed by atoms with Crippen molar-refractivity contribution in [2.75, 3.05) is 0 Å². The second kappa shape index (κ2) is 13.8. The van der Waals surface area contributed by atoms with Crippen LogP contribution in [0.2, 0.25) is 5.02 Å². The maximum atomic E-state index is 8.36. The van der Waals surface area contributed by atoms with Crippen molar-refractivity contribution in [1.82, 2.24) is 4.98 Å². The molecule has 1 heterocycles. The molecule has 0 bridgehead atoms. The fourth-order valence-corrected chi connectivity index (χ4v) is 2.26. The molecule has 0 fully saturated rings. The number of benzene rings is 2. The van der Waals surface area contributed by atoms with Gasteiger partial charge in [0.1, 0.15) is 11.8 Å². The van der Waals surface area contributed by atoms with Gasteiger partial charge in [-0.15, -0.1) is 12.6 Å². The van der Waals surface area contributed by atoms with Crippen LogP contribution in [0.15, 0.2) is 77.8 Å². The Hall–Kier alpha value is -2.32. The standard InChI is InChI=1S/C9H12.C7H7N3.C6H5ClS/c1-2-6-9-7-4-3-5-8-9;8-3-6-1-2-7(4-9)10-5-6;7-5-1-3-6(8)4-2-5/h3-5,7-8H,2,6H2,1H3;1-2,5H,3,8H2;1-4,8H. The van der Waals surface area contributed by atoms with E-state index < -0.39 is 0 Å². The number of nitrogens with zero attached hydrogens (tertiary/aromatic N) is 2. The van der Waals surface area contributed by atoms with Crippen molar-refractivity contribution in [2.24, 2.45) is 5.73 Å². The van der Waals surface area contributed by atoms with Crippen LogP contribution in [0.3, 0.4) is 0 Å². The highest BCUT2D eigenvalue weighted by molar-refractivity contribution is 7.80. The number of hydrogen-bond donors (Lipinski definition) is 2. The summed E-state index contributed by atoms with van der Waals surface area (Å²) in [6.45, 7) is 2.67. The Morgan fingerprint density at radius 1 is 1.00 bits per heavy atom. The topological polar surface area (TPSA) is 62.7 Å². The third-order valence-electron chi connectivity index (χ3n) is 3.38. The number of rotatable bonds is 3. The van der Waals surface area contributed by atoms with E-state index in [9.17, 15) is 0 Å². The Balaban J connectivity index is 0.000000204. The lowest BCUT2D eigenvalue weighted by molar-refractivity contribution is 0.922. The summed E-state index contributed by atoms with van der Waals surface area (Å²) in [6, 6.07) is 23.3. The third-order valence-corrected chi connectivity index (χ3v) is 3.93. The lowest BCUT2D eigenvalue weighted by Crippen LogP contribution is -1.96. The van der Waals surface area contributed by atoms with Gasteiger partial charge >= 0.3 is 0 Å². The number of aromatic nitrogens is 1. The molecule has 0 radical (unpaired) electrons. The lowest BCUT2D eigenvalue weighted by atomic mass is 10.1. The van der Waals surface area contributed by atoms with Crippen LogP contribution in [0, 0.1) is 11.3 Å². The minimum Gasteiger partial charge on any atom is -0.326 e. The number of nitrogens with two attached hydrogens (primary N) is 1. The summed E-state index contributed by atoms with van der Waals surface area (Å²) in [7, 11) is 0. The number of halogens is 1. The Kier molecular flexibility index (Phi) is 11.6. The highest BCUT2D eigenvalue weighted by Gasteiger charge is 1.90. The van der Waals surface area contributed by atoms with Gasteiger partial charge in [-0.25, -0.2) is 4.98 Å². The molecular formula is C22H24ClN3S. The van der Waals surface area contributed by atoms with Crippen LogP contribution in [0.25, 0.3) is 0 Å². The van der Waals surface area contributed by atoms with E-state index in [4.69, 9.17) is 22.6 Å². The van der Waals surface area contributed by atoms with E-state index in [1.165, 1.54) is 18.4 Å². The Morgan fingerprint density at radius 2 is 1.67 bits per heavy atom. The van der Waals surface area contributed by atoms with Gasteiger partial charge in [0.25, 0.3) is 0 Å². The van der Waals surface area contributed by atoms with Gasteiger partial charge in [-0.1, -0.05) is 61.3 Å². The SMILES string of the molecule is CCCc1ccccc1.N#Cc1ccc(CN)cn1.Sc1ccc(Cl)cc1. The molecule has 2 aromatic carbocycles. The summed E-state index contributed by atoms with van der Waals surface area (Å²) >= 11 is 9.65. The van der Waals surface area contributed by atoms with Crippen molar-refractivity contribution in [3.63, 3.8) is 0 Å². The van der Waals surface area contributed by atoms with Gasteiger partial charge in [-0.2, -0.15) is 5.26 Å². The van der Waals surface area contributed by atoms with Gasteiger partial charge in [0.15, 0.2) is 0 Å². The first-order chi connectivity index (χ1) is 13.1. The van der Waals surface area contributed by atoms with Gasteiger partial charge < -0.3 is 5.73 Å². The summed E-state index contributed by atoms with van der Waals surface area (Å²) in [5.41, 5.74) is 8.13. The predicted molar refractivity (Wildman–Crippen MR) is 116 cm³/mol. The number of hydrogen-bond acceptors (Lipinski definition) is 4. The average molecular weight is 398 g/mol. The molecule has 3 rings (SSSR count). The molecule has 0 saturated heterocycles. The Labute approximate surface area is 172 Å². The normalized spacial score (nSPS) is 9.15. The minimum atomic E-state index is 0.428. The van der Waals surface area contributed by atoms with Crippen molar-refractivity contribution in [3.8, 4) is 6.07 Å².